The Morgan fingerprint density at radius 3 is 2.67 bits per heavy atom. The molecule has 0 unspecified atom stereocenters. The smallest absolute Gasteiger partial charge is 0.323 e. The summed E-state index contributed by atoms with van der Waals surface area (Å²) < 4.78 is 12.7. The Balaban J connectivity index is 1.68. The van der Waals surface area contributed by atoms with Crippen LogP contribution in [0.4, 0.5) is 5.82 Å². The molecule has 0 bridgehead atoms. The van der Waals surface area contributed by atoms with E-state index in [2.05, 4.69) is 15.4 Å². The number of nitrogens with one attached hydrogen (secondary N) is 2. The van der Waals surface area contributed by atoms with Gasteiger partial charge in [0.05, 0.1) is 12.3 Å². The van der Waals surface area contributed by atoms with E-state index < -0.39 is 42.5 Å². The van der Waals surface area contributed by atoms with Crippen molar-refractivity contribution in [3.05, 3.63) is 60.0 Å². The van der Waals surface area contributed by atoms with E-state index in [1.54, 1.807) is 56.3 Å². The zero-order chi connectivity index (χ0) is 26.0. The first-order valence-electron chi connectivity index (χ1n) is 11.4. The van der Waals surface area contributed by atoms with Gasteiger partial charge in [0.2, 0.25) is 0 Å². The van der Waals surface area contributed by atoms with E-state index in [1.165, 1.54) is 10.8 Å². The van der Waals surface area contributed by atoms with Crippen LogP contribution in [-0.4, -0.2) is 73.9 Å². The molecule has 6 N–H and O–H groups in total. The summed E-state index contributed by atoms with van der Waals surface area (Å²) in [7, 11) is 0. The molecule has 2 aromatic heterocycles. The van der Waals surface area contributed by atoms with Crippen molar-refractivity contribution < 1.29 is 29.3 Å². The first-order chi connectivity index (χ1) is 17.2. The summed E-state index contributed by atoms with van der Waals surface area (Å²) in [4.78, 5) is 29.3. The summed E-state index contributed by atoms with van der Waals surface area (Å²) in [5, 5.41) is 36.2. The van der Waals surface area contributed by atoms with E-state index in [0.717, 1.165) is 6.21 Å². The van der Waals surface area contributed by atoms with Crippen molar-refractivity contribution in [1.29, 1.82) is 5.41 Å². The molecule has 3 heterocycles. The second kappa shape index (κ2) is 10.1. The van der Waals surface area contributed by atoms with Crippen molar-refractivity contribution in [2.24, 2.45) is 11.7 Å². The number of aliphatic hydroxyl groups excluding tert-OH is 2. The Kier molecular flexibility index (Phi) is 7.13. The van der Waals surface area contributed by atoms with E-state index in [-0.39, 0.29) is 23.3 Å². The molecule has 1 aliphatic rings. The highest BCUT2D eigenvalue weighted by atomic mass is 16.6. The quantitative estimate of drug-likeness (QED) is 0.218. The molecule has 1 fully saturated rings. The summed E-state index contributed by atoms with van der Waals surface area (Å²) in [5.41, 5.74) is 5.08. The van der Waals surface area contributed by atoms with Gasteiger partial charge in [-0.25, -0.2) is 9.50 Å². The summed E-state index contributed by atoms with van der Waals surface area (Å²) in [6.07, 6.45) is -1.92. The topological polar surface area (TPSA) is 185 Å². The summed E-state index contributed by atoms with van der Waals surface area (Å²) in [6, 6.07) is 10.8. The van der Waals surface area contributed by atoms with Crippen LogP contribution >= 0.6 is 0 Å². The van der Waals surface area contributed by atoms with Crippen LogP contribution in [0, 0.1) is 11.3 Å². The van der Waals surface area contributed by atoms with Crippen LogP contribution in [0.2, 0.25) is 0 Å². The Morgan fingerprint density at radius 2 is 2.03 bits per heavy atom. The number of hydrogen-bond donors (Lipinski definition) is 5. The standard InChI is InChI=1S/C24H28N6O6/c1-13(2)18(26)23(34)35-19-16(10-31)36-24(11-25,20(19)32)17-9-8-15-21(27-12-28-30(15)17)29-22(33)14-6-4-3-5-7-14/h3-9,11-13,16,18-20,25,31-32H,10,26H2,1-2H3,(H,27,28,29,33)/t16-,18+,19-,20-,24+/m1/s1. The van der Waals surface area contributed by atoms with Gasteiger partial charge in [0.25, 0.3) is 5.91 Å². The molecule has 1 aromatic carbocycles. The maximum absolute atomic E-state index is 12.7. The number of carbonyl (C=O) groups excluding carboxylic acids is 2. The Morgan fingerprint density at radius 1 is 1.31 bits per heavy atom. The number of hydrogen-bond acceptors (Lipinski definition) is 10. The molecule has 0 spiro atoms. The molecule has 1 aliphatic heterocycles. The predicted octanol–water partition coefficient (Wildman–Crippen LogP) is 0.474. The molecule has 1 saturated heterocycles. The second-order valence-corrected chi connectivity index (χ2v) is 8.84. The average molecular weight is 497 g/mol. The van der Waals surface area contributed by atoms with Crippen molar-refractivity contribution in [2.45, 2.75) is 43.8 Å². The molecule has 36 heavy (non-hydrogen) atoms. The number of aromatic nitrogens is 3. The first-order valence-corrected chi connectivity index (χ1v) is 11.4. The van der Waals surface area contributed by atoms with E-state index in [9.17, 15) is 19.8 Å². The fourth-order valence-electron chi connectivity index (χ4n) is 4.10. The average Bonchev–Trinajstić information content (AvgIpc) is 3.44. The van der Waals surface area contributed by atoms with Crippen molar-refractivity contribution in [3.8, 4) is 0 Å². The lowest BCUT2D eigenvalue weighted by atomic mass is 9.92. The van der Waals surface area contributed by atoms with Gasteiger partial charge in [-0.15, -0.1) is 0 Å². The van der Waals surface area contributed by atoms with Gasteiger partial charge in [-0.1, -0.05) is 32.0 Å². The van der Waals surface area contributed by atoms with Crippen LogP contribution in [0.3, 0.4) is 0 Å². The number of nitrogens with zero attached hydrogens (tertiary/aromatic N) is 3. The third-order valence-electron chi connectivity index (χ3n) is 6.22. The summed E-state index contributed by atoms with van der Waals surface area (Å²) >= 11 is 0. The Bertz CT molecular complexity index is 1260. The number of nitrogens with two attached hydrogens (primary N) is 1. The first kappa shape index (κ1) is 25.4. The van der Waals surface area contributed by atoms with Crippen molar-refractivity contribution in [1.82, 2.24) is 14.6 Å². The second-order valence-electron chi connectivity index (χ2n) is 8.84. The zero-order valence-electron chi connectivity index (χ0n) is 19.7. The molecule has 0 saturated carbocycles. The number of ether oxygens (including phenoxy) is 2. The monoisotopic (exact) mass is 496 g/mol. The van der Waals surface area contributed by atoms with E-state index in [1.807, 2.05) is 0 Å². The van der Waals surface area contributed by atoms with Gasteiger partial charge >= 0.3 is 5.97 Å². The van der Waals surface area contributed by atoms with Crippen LogP contribution in [0.25, 0.3) is 5.52 Å². The third-order valence-corrected chi connectivity index (χ3v) is 6.22. The third kappa shape index (κ3) is 4.35. The van der Waals surface area contributed by atoms with Gasteiger partial charge in [-0.05, 0) is 30.2 Å². The normalized spacial score (nSPS) is 24.6. The van der Waals surface area contributed by atoms with Gasteiger partial charge < -0.3 is 36.1 Å². The van der Waals surface area contributed by atoms with Crippen LogP contribution in [0.1, 0.15) is 29.9 Å². The maximum Gasteiger partial charge on any atom is 0.323 e. The molecule has 1 amide bonds. The molecular formula is C24H28N6O6. The van der Waals surface area contributed by atoms with Gasteiger partial charge in [0.1, 0.15) is 30.1 Å². The fraction of sp³-hybridized carbons (Fsp3) is 0.375. The zero-order valence-corrected chi connectivity index (χ0v) is 19.7. The predicted molar refractivity (Wildman–Crippen MR) is 129 cm³/mol. The Labute approximate surface area is 206 Å². The number of esters is 1. The van der Waals surface area contributed by atoms with Crippen molar-refractivity contribution in [2.75, 3.05) is 11.9 Å². The van der Waals surface area contributed by atoms with Crippen LogP contribution in [0.15, 0.2) is 48.8 Å². The molecule has 5 atom stereocenters. The number of amides is 1. The minimum absolute atomic E-state index is 0.197. The van der Waals surface area contributed by atoms with E-state index in [4.69, 9.17) is 20.6 Å². The molecule has 0 aliphatic carbocycles. The van der Waals surface area contributed by atoms with Crippen LogP contribution in [0.5, 0.6) is 0 Å². The summed E-state index contributed by atoms with van der Waals surface area (Å²) in [5.74, 6) is -1.16. The van der Waals surface area contributed by atoms with Gasteiger partial charge in [0.15, 0.2) is 17.5 Å². The number of rotatable bonds is 8. The summed E-state index contributed by atoms with van der Waals surface area (Å²) in [6.45, 7) is 2.91. The van der Waals surface area contributed by atoms with Crippen LogP contribution < -0.4 is 11.1 Å². The van der Waals surface area contributed by atoms with Crippen LogP contribution in [-0.2, 0) is 19.9 Å². The maximum atomic E-state index is 12.7. The molecule has 12 heteroatoms. The minimum atomic E-state index is -1.82. The van der Waals surface area contributed by atoms with E-state index in [0.29, 0.717) is 11.1 Å². The number of carbonyl (C=O) groups is 2. The molecule has 0 radical (unpaired) electrons. The van der Waals surface area contributed by atoms with Crippen molar-refractivity contribution in [3.63, 3.8) is 0 Å². The molecule has 190 valence electrons. The lowest BCUT2D eigenvalue weighted by Gasteiger charge is -2.28. The number of anilines is 1. The lowest BCUT2D eigenvalue weighted by Crippen LogP contribution is -2.47. The molecule has 12 nitrogen and oxygen atoms in total. The highest BCUT2D eigenvalue weighted by Crippen LogP contribution is 2.41. The van der Waals surface area contributed by atoms with E-state index >= 15 is 0 Å². The fourth-order valence-corrected chi connectivity index (χ4v) is 4.10. The minimum Gasteiger partial charge on any atom is -0.455 e. The lowest BCUT2D eigenvalue weighted by molar-refractivity contribution is -0.159. The molecule has 4 rings (SSSR count). The number of aliphatic hydroxyl groups is 2. The van der Waals surface area contributed by atoms with Gasteiger partial charge in [0, 0.05) is 11.8 Å². The highest BCUT2D eigenvalue weighted by molar-refractivity contribution is 6.05. The van der Waals surface area contributed by atoms with Gasteiger partial charge in [-0.3, -0.25) is 9.59 Å². The highest BCUT2D eigenvalue weighted by Gasteiger charge is 2.58. The Hall–Kier alpha value is -3.71. The van der Waals surface area contributed by atoms with Crippen molar-refractivity contribution >= 4 is 29.4 Å². The number of fused-ring (bicyclic) bond motifs is 1. The molecule has 3 aromatic rings. The van der Waals surface area contributed by atoms with Gasteiger partial charge in [-0.2, -0.15) is 5.10 Å². The SMILES string of the molecule is CC(C)[C@H](N)C(=O)O[C@H]1[C@@H](O)[C@](C=N)(c2ccc3c(NC(=O)c4ccccc4)ncnn23)O[C@@H]1CO. The molecular weight excluding hydrogens is 468 g/mol. The largest absolute Gasteiger partial charge is 0.455 e. The number of benzene rings is 1.